The molecule has 0 radical (unpaired) electrons. The number of ketones is 1. The summed E-state index contributed by atoms with van der Waals surface area (Å²) in [5.41, 5.74) is 9.92. The van der Waals surface area contributed by atoms with Crippen LogP contribution in [-0.4, -0.2) is 114 Å². The van der Waals surface area contributed by atoms with E-state index in [1.807, 2.05) is 109 Å². The Hall–Kier alpha value is -6.89. The highest BCUT2D eigenvalue weighted by Gasteiger charge is 2.28. The first-order chi connectivity index (χ1) is 29.4. The van der Waals surface area contributed by atoms with E-state index in [1.165, 1.54) is 16.8 Å². The number of Topliss-reactive ketones (excluding diaryl/α,β-unsaturated/α-hetero) is 1. The van der Waals surface area contributed by atoms with Crippen molar-refractivity contribution in [3.05, 3.63) is 143 Å². The zero-order valence-corrected chi connectivity index (χ0v) is 36.1. The van der Waals surface area contributed by atoms with Gasteiger partial charge in [0.05, 0.1) is 37.0 Å². The van der Waals surface area contributed by atoms with Crippen molar-refractivity contribution in [1.29, 1.82) is 0 Å². The number of aryl methyl sites for hydroxylation is 4. The van der Waals surface area contributed by atoms with E-state index in [2.05, 4.69) is 52.0 Å². The van der Waals surface area contributed by atoms with E-state index < -0.39 is 0 Å². The molecule has 8 rings (SSSR count). The smallest absolute Gasteiger partial charge is 0.272 e. The Labute approximate surface area is 357 Å². The maximum absolute atomic E-state index is 13.3. The van der Waals surface area contributed by atoms with E-state index in [0.29, 0.717) is 48.9 Å². The van der Waals surface area contributed by atoms with E-state index in [9.17, 15) is 14.4 Å². The Morgan fingerprint density at radius 1 is 0.525 bits per heavy atom. The molecule has 4 heterocycles. The van der Waals surface area contributed by atoms with Crippen LogP contribution in [0.15, 0.2) is 103 Å². The van der Waals surface area contributed by atoms with Gasteiger partial charge in [0.25, 0.3) is 11.8 Å². The number of ether oxygens (including phenoxy) is 2. The van der Waals surface area contributed by atoms with Gasteiger partial charge in [0.2, 0.25) is 0 Å². The third-order valence-electron chi connectivity index (χ3n) is 11.2. The summed E-state index contributed by atoms with van der Waals surface area (Å²) in [5.74, 6) is 1.49. The van der Waals surface area contributed by atoms with Gasteiger partial charge in [-0.3, -0.25) is 14.4 Å². The maximum Gasteiger partial charge on any atom is 0.272 e. The summed E-state index contributed by atoms with van der Waals surface area (Å²) in [4.78, 5) is 46.5. The number of carbonyl (C=O) groups excluding carboxylic acids is 3. The minimum atomic E-state index is -0.0324. The van der Waals surface area contributed by atoms with Gasteiger partial charge >= 0.3 is 0 Å². The number of aromatic nitrogens is 4. The molecule has 0 spiro atoms. The monoisotopic (exact) mass is 822 g/mol. The van der Waals surface area contributed by atoms with Crippen LogP contribution in [0.1, 0.15) is 60.8 Å². The fraction of sp³-hybridized carbons (Fsp3) is 0.312. The van der Waals surface area contributed by atoms with Gasteiger partial charge < -0.3 is 29.1 Å². The number of amides is 2. The molecule has 13 nitrogen and oxygen atoms in total. The summed E-state index contributed by atoms with van der Waals surface area (Å²) in [7, 11) is 3.25. The van der Waals surface area contributed by atoms with Crippen molar-refractivity contribution < 1.29 is 23.9 Å². The van der Waals surface area contributed by atoms with Gasteiger partial charge in [-0.2, -0.15) is 10.2 Å². The number of methoxy groups -OCH3 is 2. The van der Waals surface area contributed by atoms with Crippen LogP contribution in [0.2, 0.25) is 0 Å². The fourth-order valence-electron chi connectivity index (χ4n) is 7.89. The lowest BCUT2D eigenvalue weighted by Gasteiger charge is -2.36. The average molecular weight is 823 g/mol. The predicted octanol–water partition coefficient (Wildman–Crippen LogP) is 7.12. The van der Waals surface area contributed by atoms with Gasteiger partial charge in [-0.15, -0.1) is 0 Å². The van der Waals surface area contributed by atoms with Crippen molar-refractivity contribution in [3.63, 3.8) is 0 Å². The van der Waals surface area contributed by atoms with Gasteiger partial charge in [0, 0.05) is 81.4 Å². The van der Waals surface area contributed by atoms with E-state index in [1.54, 1.807) is 30.5 Å². The molecule has 0 aliphatic carbocycles. The third kappa shape index (κ3) is 9.62. The van der Waals surface area contributed by atoms with Gasteiger partial charge in [-0.25, -0.2) is 9.36 Å². The molecular weight excluding hydrogens is 769 g/mol. The number of carbonyl (C=O) groups is 3. The molecule has 61 heavy (non-hydrogen) atoms. The van der Waals surface area contributed by atoms with Gasteiger partial charge in [-0.05, 0) is 107 Å². The summed E-state index contributed by atoms with van der Waals surface area (Å²) in [6.45, 7) is 15.3. The topological polar surface area (TPSA) is 118 Å². The molecule has 0 atom stereocenters. The van der Waals surface area contributed by atoms with E-state index in [4.69, 9.17) is 9.47 Å². The second kappa shape index (κ2) is 18.6. The fourth-order valence-corrected chi connectivity index (χ4v) is 7.89. The van der Waals surface area contributed by atoms with Crippen LogP contribution in [0, 0.1) is 27.7 Å². The molecule has 2 saturated heterocycles. The van der Waals surface area contributed by atoms with Crippen LogP contribution in [-0.2, 0) is 0 Å². The number of rotatable bonds is 9. The predicted molar refractivity (Wildman–Crippen MR) is 238 cm³/mol. The third-order valence-corrected chi connectivity index (χ3v) is 11.2. The van der Waals surface area contributed by atoms with Gasteiger partial charge in [0.1, 0.15) is 22.9 Å². The van der Waals surface area contributed by atoms with Crippen molar-refractivity contribution in [2.75, 3.05) is 76.4 Å². The molecule has 4 aromatic carbocycles. The number of hydrogen-bond acceptors (Lipinski definition) is 9. The Morgan fingerprint density at radius 3 is 1.44 bits per heavy atom. The number of benzene rings is 4. The zero-order valence-electron chi connectivity index (χ0n) is 36.1. The second-order valence-corrected chi connectivity index (χ2v) is 15.5. The first-order valence-corrected chi connectivity index (χ1v) is 20.6. The second-order valence-electron chi connectivity index (χ2n) is 15.5. The zero-order chi connectivity index (χ0) is 43.2. The quantitative estimate of drug-likeness (QED) is 0.141. The normalized spacial score (nSPS) is 14.0. The Morgan fingerprint density at radius 2 is 1.00 bits per heavy atom. The maximum atomic E-state index is 13.3. The number of anilines is 2. The molecule has 13 heteroatoms. The summed E-state index contributed by atoms with van der Waals surface area (Å²) in [6.07, 6.45) is 0. The highest BCUT2D eigenvalue weighted by molar-refractivity contribution is 5.95. The molecule has 2 amide bonds. The van der Waals surface area contributed by atoms with Crippen molar-refractivity contribution in [1.82, 2.24) is 29.4 Å². The van der Waals surface area contributed by atoms with E-state index in [-0.39, 0.29) is 17.6 Å². The minimum Gasteiger partial charge on any atom is -0.497 e. The molecule has 2 aliphatic rings. The van der Waals surface area contributed by atoms with Crippen LogP contribution in [0.3, 0.4) is 0 Å². The summed E-state index contributed by atoms with van der Waals surface area (Å²) < 4.78 is 14.0. The molecule has 0 saturated carbocycles. The molecule has 0 N–H and O–H groups in total. The first-order valence-electron chi connectivity index (χ1n) is 20.6. The van der Waals surface area contributed by atoms with Crippen molar-refractivity contribution >= 4 is 29.0 Å². The molecule has 2 aromatic heterocycles. The van der Waals surface area contributed by atoms with Crippen molar-refractivity contribution in [2.45, 2.75) is 34.6 Å². The SMILES string of the molecule is COc1cccc(-n2nc(C)cc2C(=O)N2CCN(c3ccc(C(C)=O)cc3)CC2)c1.COc1cccc(-n2nc(C)cc2C(=O)N2CCN(c3ccc(C)cc3C)CC2)c1. The summed E-state index contributed by atoms with van der Waals surface area (Å²) in [6, 6.07) is 33.0. The number of hydrogen-bond donors (Lipinski definition) is 0. The molecule has 0 unspecified atom stereocenters. The molecule has 316 valence electrons. The van der Waals surface area contributed by atoms with Gasteiger partial charge in [0.15, 0.2) is 5.78 Å². The number of piperazine rings is 2. The Bertz CT molecular complexity index is 2510. The molecule has 2 fully saturated rings. The van der Waals surface area contributed by atoms with Crippen LogP contribution in [0.25, 0.3) is 11.4 Å². The summed E-state index contributed by atoms with van der Waals surface area (Å²) >= 11 is 0. The van der Waals surface area contributed by atoms with Crippen molar-refractivity contribution in [3.8, 4) is 22.9 Å². The first kappa shape index (κ1) is 42.2. The molecule has 0 bridgehead atoms. The van der Waals surface area contributed by atoms with E-state index in [0.717, 1.165) is 60.4 Å². The van der Waals surface area contributed by atoms with Crippen LogP contribution >= 0.6 is 0 Å². The highest BCUT2D eigenvalue weighted by Crippen LogP contribution is 2.25. The minimum absolute atomic E-state index is 0.0127. The summed E-state index contributed by atoms with van der Waals surface area (Å²) in [5, 5.41) is 9.09. The van der Waals surface area contributed by atoms with Crippen molar-refractivity contribution in [2.24, 2.45) is 0 Å². The molecular formula is C48H54N8O5. The van der Waals surface area contributed by atoms with Gasteiger partial charge in [-0.1, -0.05) is 29.8 Å². The molecule has 2 aliphatic heterocycles. The lowest BCUT2D eigenvalue weighted by molar-refractivity contribution is 0.0730. The average Bonchev–Trinajstić information content (AvgIpc) is 3.88. The lowest BCUT2D eigenvalue weighted by Crippen LogP contribution is -2.49. The van der Waals surface area contributed by atoms with E-state index >= 15 is 0 Å². The molecule has 6 aromatic rings. The Balaban J connectivity index is 0.000000184. The Kier molecular flexibility index (Phi) is 12.9. The van der Waals surface area contributed by atoms with Crippen LogP contribution in [0.4, 0.5) is 11.4 Å². The highest BCUT2D eigenvalue weighted by atomic mass is 16.5. The number of nitrogens with zero attached hydrogens (tertiary/aromatic N) is 8. The van der Waals surface area contributed by atoms with Crippen LogP contribution in [0.5, 0.6) is 11.5 Å². The largest absolute Gasteiger partial charge is 0.497 e. The lowest BCUT2D eigenvalue weighted by atomic mass is 10.1. The van der Waals surface area contributed by atoms with Crippen LogP contribution < -0.4 is 19.3 Å². The standard InChI is InChI=1S/C24H26N4O3.C24H28N4O2/c1-17-15-23(28(25-17)21-5-4-6-22(16-21)31-3)24(30)27-13-11-26(12-14-27)20-9-7-19(8-10-20)18(2)29;1-17-8-9-22(18(2)14-17)26-10-12-27(13-11-26)24(29)23-15-19(3)25-28(23)20-6-5-7-21(16-20)30-4/h4-10,15-16H,11-14H2,1-3H3;5-9,14-16H,10-13H2,1-4H3.